The maximum atomic E-state index is 13.1. The van der Waals surface area contributed by atoms with E-state index < -0.39 is 40.4 Å². The van der Waals surface area contributed by atoms with Crippen LogP contribution in [0.3, 0.4) is 0 Å². The molecule has 1 atom stereocenters. The van der Waals surface area contributed by atoms with E-state index in [9.17, 15) is 26.4 Å². The van der Waals surface area contributed by atoms with E-state index in [0.717, 1.165) is 17.7 Å². The molecule has 35 heavy (non-hydrogen) atoms. The van der Waals surface area contributed by atoms with Crippen molar-refractivity contribution in [1.29, 1.82) is 0 Å². The number of amides is 1. The Morgan fingerprint density at radius 1 is 1.11 bits per heavy atom. The molecule has 0 saturated heterocycles. The standard InChI is InChI=1S/C23H24F3N3O4S2/c1-22(2,3)33-21(30)28-18(11-14-7-9-17(10-8-14)29-35(31)32)20-27-19(13-34-20)15-5-4-6-16(12-15)23(24,25)26/h4-10,12-13,18,35H,11H2,1-3H3,(H,28,30)(H,29,31,32)/t18-/m0/s1. The molecular formula is C23H24F3N3O4S2. The Bertz CT molecular complexity index is 1240. The van der Waals surface area contributed by atoms with Crippen molar-refractivity contribution in [2.45, 2.75) is 45.0 Å². The minimum atomic E-state index is -4.48. The molecule has 188 valence electrons. The lowest BCUT2D eigenvalue weighted by Gasteiger charge is -2.23. The summed E-state index contributed by atoms with van der Waals surface area (Å²) in [7, 11) is -2.80. The van der Waals surface area contributed by atoms with E-state index in [4.69, 9.17) is 4.74 Å². The third-order valence-electron chi connectivity index (χ3n) is 4.61. The second kappa shape index (κ2) is 10.6. The number of anilines is 1. The Morgan fingerprint density at radius 3 is 2.40 bits per heavy atom. The third kappa shape index (κ3) is 7.96. The average molecular weight is 528 g/mol. The minimum Gasteiger partial charge on any atom is -0.444 e. The van der Waals surface area contributed by atoms with E-state index in [1.165, 1.54) is 23.5 Å². The van der Waals surface area contributed by atoms with Crippen molar-refractivity contribution in [3.05, 3.63) is 70.0 Å². The molecule has 1 aromatic heterocycles. The lowest BCUT2D eigenvalue weighted by atomic mass is 10.1. The zero-order chi connectivity index (χ0) is 25.8. The van der Waals surface area contributed by atoms with Crippen LogP contribution in [0, 0.1) is 0 Å². The van der Waals surface area contributed by atoms with Gasteiger partial charge in [-0.3, -0.25) is 4.72 Å². The van der Waals surface area contributed by atoms with Crippen molar-refractivity contribution in [2.75, 3.05) is 4.72 Å². The molecule has 0 fully saturated rings. The largest absolute Gasteiger partial charge is 0.444 e. The monoisotopic (exact) mass is 527 g/mol. The van der Waals surface area contributed by atoms with Crippen molar-refractivity contribution in [2.24, 2.45) is 0 Å². The smallest absolute Gasteiger partial charge is 0.416 e. The van der Waals surface area contributed by atoms with E-state index >= 15 is 0 Å². The average Bonchev–Trinajstić information content (AvgIpc) is 3.23. The number of halogens is 3. The van der Waals surface area contributed by atoms with Crippen LogP contribution in [0.5, 0.6) is 0 Å². The molecule has 0 aliphatic carbocycles. The van der Waals surface area contributed by atoms with Crippen LogP contribution in [0.1, 0.15) is 42.9 Å². The second-order valence-electron chi connectivity index (χ2n) is 8.62. The molecule has 12 heteroatoms. The van der Waals surface area contributed by atoms with Crippen LogP contribution < -0.4 is 10.0 Å². The maximum absolute atomic E-state index is 13.1. The summed E-state index contributed by atoms with van der Waals surface area (Å²) in [6.07, 6.45) is -4.85. The summed E-state index contributed by atoms with van der Waals surface area (Å²) < 4.78 is 68.7. The van der Waals surface area contributed by atoms with E-state index in [1.807, 2.05) is 0 Å². The van der Waals surface area contributed by atoms with E-state index in [0.29, 0.717) is 28.4 Å². The number of nitrogens with one attached hydrogen (secondary N) is 2. The van der Waals surface area contributed by atoms with Gasteiger partial charge in [0.15, 0.2) is 0 Å². The van der Waals surface area contributed by atoms with E-state index in [-0.39, 0.29) is 0 Å². The number of carbonyl (C=O) groups excluding carboxylic acids is 1. The molecule has 3 rings (SSSR count). The van der Waals surface area contributed by atoms with Gasteiger partial charge >= 0.3 is 12.3 Å². The number of nitrogens with zero attached hydrogens (tertiary/aromatic N) is 1. The molecule has 0 bridgehead atoms. The van der Waals surface area contributed by atoms with Gasteiger partial charge in [-0.2, -0.15) is 13.2 Å². The van der Waals surface area contributed by atoms with Crippen molar-refractivity contribution < 1.29 is 31.1 Å². The predicted octanol–water partition coefficient (Wildman–Crippen LogP) is 5.58. The number of ether oxygens (including phenoxy) is 1. The molecule has 3 aromatic rings. The predicted molar refractivity (Wildman–Crippen MR) is 129 cm³/mol. The Hall–Kier alpha value is -3.12. The molecule has 7 nitrogen and oxygen atoms in total. The number of hydrogen-bond donors (Lipinski definition) is 3. The van der Waals surface area contributed by atoms with Crippen LogP contribution in [0.15, 0.2) is 53.9 Å². The van der Waals surface area contributed by atoms with Crippen molar-refractivity contribution >= 4 is 34.0 Å². The van der Waals surface area contributed by atoms with Crippen LogP contribution in [-0.2, 0) is 28.2 Å². The molecular weight excluding hydrogens is 503 g/mol. The molecule has 0 aliphatic rings. The molecule has 2 N–H and O–H groups in total. The number of carbonyl (C=O) groups is 1. The van der Waals surface area contributed by atoms with Gasteiger partial charge in [0.2, 0.25) is 10.9 Å². The van der Waals surface area contributed by atoms with Gasteiger partial charge in [0, 0.05) is 16.6 Å². The highest BCUT2D eigenvalue weighted by atomic mass is 32.2. The van der Waals surface area contributed by atoms with Gasteiger partial charge < -0.3 is 10.1 Å². The van der Waals surface area contributed by atoms with Crippen LogP contribution in [0.25, 0.3) is 11.3 Å². The molecule has 1 heterocycles. The van der Waals surface area contributed by atoms with Gasteiger partial charge in [-0.05, 0) is 57.0 Å². The topological polar surface area (TPSA) is 97.4 Å². The first kappa shape index (κ1) is 26.5. The number of rotatable bonds is 7. The first-order valence-electron chi connectivity index (χ1n) is 10.4. The lowest BCUT2D eigenvalue weighted by molar-refractivity contribution is -0.137. The number of aromatic nitrogens is 1. The fraction of sp³-hybridized carbons (Fsp3) is 0.304. The fourth-order valence-corrected chi connectivity index (χ4v) is 4.38. The molecule has 0 saturated carbocycles. The van der Waals surface area contributed by atoms with Crippen molar-refractivity contribution in [1.82, 2.24) is 10.3 Å². The highest BCUT2D eigenvalue weighted by molar-refractivity contribution is 7.73. The second-order valence-corrected chi connectivity index (χ2v) is 10.2. The van der Waals surface area contributed by atoms with Gasteiger partial charge in [0.05, 0.1) is 17.3 Å². The third-order valence-corrected chi connectivity index (χ3v) is 6.01. The zero-order valence-corrected chi connectivity index (χ0v) is 20.8. The summed E-state index contributed by atoms with van der Waals surface area (Å²) in [4.78, 5) is 17.0. The SMILES string of the molecule is CC(C)(C)OC(=O)N[C@@H](Cc1ccc(N[SH](=O)=O)cc1)c1nc(-c2cccc(C(F)(F)F)c2)cs1. The van der Waals surface area contributed by atoms with E-state index in [2.05, 4.69) is 15.0 Å². The van der Waals surface area contributed by atoms with E-state index in [1.54, 1.807) is 50.4 Å². The van der Waals surface area contributed by atoms with Crippen molar-refractivity contribution in [3.8, 4) is 11.3 Å². The Labute approximate surface area is 206 Å². The number of alkyl halides is 3. The van der Waals surface area contributed by atoms with Crippen LogP contribution in [-0.4, -0.2) is 25.1 Å². The Balaban J connectivity index is 1.88. The first-order valence-corrected chi connectivity index (χ1v) is 12.5. The number of thiol groups is 1. The Morgan fingerprint density at radius 2 is 1.80 bits per heavy atom. The van der Waals surface area contributed by atoms with Crippen LogP contribution in [0.2, 0.25) is 0 Å². The number of benzene rings is 2. The lowest BCUT2D eigenvalue weighted by Crippen LogP contribution is -2.35. The highest BCUT2D eigenvalue weighted by Crippen LogP contribution is 2.33. The summed E-state index contributed by atoms with van der Waals surface area (Å²) in [5.41, 5.74) is 0.312. The van der Waals surface area contributed by atoms with Gasteiger partial charge in [-0.1, -0.05) is 24.3 Å². The number of hydrogen-bond acceptors (Lipinski definition) is 6. The quantitative estimate of drug-likeness (QED) is 0.349. The summed E-state index contributed by atoms with van der Waals surface area (Å²) in [6, 6.07) is 10.8. The van der Waals surface area contributed by atoms with Gasteiger partial charge in [-0.15, -0.1) is 11.3 Å². The van der Waals surface area contributed by atoms with Gasteiger partial charge in [-0.25, -0.2) is 18.2 Å². The summed E-state index contributed by atoms with van der Waals surface area (Å²) >= 11 is 1.20. The molecule has 0 aliphatic heterocycles. The molecule has 0 unspecified atom stereocenters. The molecule has 2 aromatic carbocycles. The summed E-state index contributed by atoms with van der Waals surface area (Å²) in [6.45, 7) is 5.18. The Kier molecular flexibility index (Phi) is 8.06. The van der Waals surface area contributed by atoms with Gasteiger partial charge in [0.1, 0.15) is 10.6 Å². The number of alkyl carbamates (subject to hydrolysis) is 1. The van der Waals surface area contributed by atoms with Crippen molar-refractivity contribution in [3.63, 3.8) is 0 Å². The fourth-order valence-electron chi connectivity index (χ4n) is 3.14. The van der Waals surface area contributed by atoms with Gasteiger partial charge in [0.25, 0.3) is 0 Å². The maximum Gasteiger partial charge on any atom is 0.416 e. The molecule has 1 amide bonds. The molecule has 0 radical (unpaired) electrons. The number of thiazole rings is 1. The first-order chi connectivity index (χ1) is 16.3. The normalized spacial score (nSPS) is 12.9. The molecule has 0 spiro atoms. The highest BCUT2D eigenvalue weighted by Gasteiger charge is 2.31. The van der Waals surface area contributed by atoms with Crippen LogP contribution >= 0.6 is 11.3 Å². The summed E-state index contributed by atoms with van der Waals surface area (Å²) in [5, 5.41) is 4.89. The van der Waals surface area contributed by atoms with Crippen LogP contribution in [0.4, 0.5) is 23.7 Å². The zero-order valence-electron chi connectivity index (χ0n) is 19.1. The summed E-state index contributed by atoms with van der Waals surface area (Å²) in [5.74, 6) is 0. The minimum absolute atomic E-state index is 0.290.